The number of para-hydroxylation sites is 1. The summed E-state index contributed by atoms with van der Waals surface area (Å²) in [6, 6.07) is 8.88. The van der Waals surface area contributed by atoms with Crippen molar-refractivity contribution in [3.63, 3.8) is 0 Å². The molecule has 1 unspecified atom stereocenters. The van der Waals surface area contributed by atoms with E-state index in [2.05, 4.69) is 18.8 Å². The van der Waals surface area contributed by atoms with Gasteiger partial charge in [-0.15, -0.1) is 0 Å². The maximum Gasteiger partial charge on any atom is 0.354 e. The summed E-state index contributed by atoms with van der Waals surface area (Å²) in [6.07, 6.45) is 0.00690. The van der Waals surface area contributed by atoms with Crippen molar-refractivity contribution in [2.75, 3.05) is 0 Å². The Bertz CT molecular complexity index is 607. The van der Waals surface area contributed by atoms with Gasteiger partial charge in [-0.3, -0.25) is 0 Å². The minimum Gasteiger partial charge on any atom is -0.490 e. The highest BCUT2D eigenvalue weighted by atomic mass is 16.5. The third-order valence-corrected chi connectivity index (χ3v) is 3.15. The van der Waals surface area contributed by atoms with Crippen LogP contribution < -0.4 is 4.74 Å². The number of rotatable bonds is 4. The molecule has 2 aromatic rings. The van der Waals surface area contributed by atoms with Crippen molar-refractivity contribution in [2.45, 2.75) is 26.9 Å². The highest BCUT2D eigenvalue weighted by Gasteiger charge is 2.15. The van der Waals surface area contributed by atoms with Crippen molar-refractivity contribution in [1.29, 1.82) is 0 Å². The molecule has 0 aliphatic carbocycles. The molecule has 0 fully saturated rings. The maximum atomic E-state index is 11.1. The second-order valence-corrected chi connectivity index (χ2v) is 4.89. The molecule has 0 bridgehead atoms. The monoisotopic (exact) mass is 259 g/mol. The summed E-state index contributed by atoms with van der Waals surface area (Å²) in [5.74, 6) is -0.128. The van der Waals surface area contributed by atoms with Gasteiger partial charge in [0, 0.05) is 11.5 Å². The van der Waals surface area contributed by atoms with E-state index in [0.29, 0.717) is 17.2 Å². The second kappa shape index (κ2) is 5.26. The molecule has 4 heteroatoms. The van der Waals surface area contributed by atoms with E-state index in [0.717, 1.165) is 5.39 Å². The Morgan fingerprint density at radius 1 is 1.26 bits per heavy atom. The maximum absolute atomic E-state index is 11.1. The first kappa shape index (κ1) is 13.3. The van der Waals surface area contributed by atoms with E-state index in [4.69, 9.17) is 9.84 Å². The number of hydrogen-bond donors (Lipinski definition) is 1. The van der Waals surface area contributed by atoms with E-state index in [1.807, 2.05) is 25.1 Å². The van der Waals surface area contributed by atoms with Gasteiger partial charge in [-0.25, -0.2) is 9.78 Å². The molecule has 100 valence electrons. The average Bonchev–Trinajstić information content (AvgIpc) is 2.38. The van der Waals surface area contributed by atoms with Crippen molar-refractivity contribution in [3.05, 3.63) is 36.0 Å². The molecular weight excluding hydrogens is 242 g/mol. The molecule has 0 aliphatic rings. The first-order valence-corrected chi connectivity index (χ1v) is 6.28. The normalized spacial score (nSPS) is 12.6. The summed E-state index contributed by atoms with van der Waals surface area (Å²) in [5, 5.41) is 9.93. The number of hydrogen-bond acceptors (Lipinski definition) is 3. The van der Waals surface area contributed by atoms with Crippen LogP contribution in [-0.4, -0.2) is 22.2 Å². The summed E-state index contributed by atoms with van der Waals surface area (Å²) < 4.78 is 5.88. The third-order valence-electron chi connectivity index (χ3n) is 3.15. The highest BCUT2D eigenvalue weighted by molar-refractivity contribution is 5.93. The lowest BCUT2D eigenvalue weighted by Gasteiger charge is -2.19. The van der Waals surface area contributed by atoms with Gasteiger partial charge in [-0.1, -0.05) is 26.0 Å². The molecule has 0 spiro atoms. The molecule has 0 saturated heterocycles. The van der Waals surface area contributed by atoms with Gasteiger partial charge in [0.05, 0.1) is 11.6 Å². The van der Waals surface area contributed by atoms with Gasteiger partial charge in [-0.2, -0.15) is 0 Å². The Balaban J connectivity index is 2.53. The molecular formula is C15H17NO3. The number of fused-ring (bicyclic) bond motifs is 1. The molecule has 2 rings (SSSR count). The average molecular weight is 259 g/mol. The summed E-state index contributed by atoms with van der Waals surface area (Å²) in [4.78, 5) is 15.2. The van der Waals surface area contributed by atoms with Crippen LogP contribution in [0.2, 0.25) is 0 Å². The lowest BCUT2D eigenvalue weighted by molar-refractivity contribution is 0.0690. The zero-order valence-electron chi connectivity index (χ0n) is 11.3. The van der Waals surface area contributed by atoms with E-state index in [1.165, 1.54) is 6.07 Å². The SMILES string of the molecule is CC(C)C(C)Oc1cc(C(=O)O)nc2ccccc12. The summed E-state index contributed by atoms with van der Waals surface area (Å²) >= 11 is 0. The zero-order chi connectivity index (χ0) is 14.0. The number of carboxylic acid groups (broad SMARTS) is 1. The standard InChI is InChI=1S/C15H17NO3/c1-9(2)10(3)19-14-8-13(15(17)18)16-12-7-5-4-6-11(12)14/h4-10H,1-3H3,(H,17,18). The van der Waals surface area contributed by atoms with Crippen molar-refractivity contribution in [2.24, 2.45) is 5.92 Å². The lowest BCUT2D eigenvalue weighted by atomic mass is 10.1. The molecule has 19 heavy (non-hydrogen) atoms. The fourth-order valence-electron chi connectivity index (χ4n) is 1.69. The molecule has 1 heterocycles. The van der Waals surface area contributed by atoms with Gasteiger partial charge in [0.15, 0.2) is 5.69 Å². The fraction of sp³-hybridized carbons (Fsp3) is 0.333. The molecule has 0 saturated carbocycles. The van der Waals surface area contributed by atoms with Crippen molar-refractivity contribution < 1.29 is 14.6 Å². The van der Waals surface area contributed by atoms with Gasteiger partial charge in [0.1, 0.15) is 5.75 Å². The predicted molar refractivity (Wildman–Crippen MR) is 73.6 cm³/mol. The van der Waals surface area contributed by atoms with E-state index in [9.17, 15) is 4.79 Å². The minimum absolute atomic E-state index is 0.00431. The third kappa shape index (κ3) is 2.84. The number of ether oxygens (including phenoxy) is 1. The number of aromatic carboxylic acids is 1. The fourth-order valence-corrected chi connectivity index (χ4v) is 1.69. The molecule has 0 radical (unpaired) electrons. The second-order valence-electron chi connectivity index (χ2n) is 4.89. The zero-order valence-corrected chi connectivity index (χ0v) is 11.3. The molecule has 4 nitrogen and oxygen atoms in total. The quantitative estimate of drug-likeness (QED) is 0.914. The van der Waals surface area contributed by atoms with E-state index in [1.54, 1.807) is 6.07 Å². The molecule has 1 atom stereocenters. The molecule has 1 N–H and O–H groups in total. The Hall–Kier alpha value is -2.10. The smallest absolute Gasteiger partial charge is 0.354 e. The first-order chi connectivity index (χ1) is 8.99. The van der Waals surface area contributed by atoms with Crippen LogP contribution in [0, 0.1) is 5.92 Å². The Labute approximate surface area is 112 Å². The minimum atomic E-state index is -1.05. The van der Waals surface area contributed by atoms with Crippen LogP contribution >= 0.6 is 0 Å². The van der Waals surface area contributed by atoms with E-state index in [-0.39, 0.29) is 11.8 Å². The number of carbonyl (C=O) groups is 1. The van der Waals surface area contributed by atoms with Gasteiger partial charge in [0.25, 0.3) is 0 Å². The molecule has 1 aromatic carbocycles. The Morgan fingerprint density at radius 3 is 2.58 bits per heavy atom. The van der Waals surface area contributed by atoms with Crippen molar-refractivity contribution in [3.8, 4) is 5.75 Å². The number of carboxylic acids is 1. The molecule has 0 aliphatic heterocycles. The molecule has 1 aromatic heterocycles. The van der Waals surface area contributed by atoms with Crippen LogP contribution in [0.1, 0.15) is 31.3 Å². The van der Waals surface area contributed by atoms with Gasteiger partial charge >= 0.3 is 5.97 Å². The largest absolute Gasteiger partial charge is 0.490 e. The van der Waals surface area contributed by atoms with Crippen LogP contribution in [0.4, 0.5) is 0 Å². The topological polar surface area (TPSA) is 59.4 Å². The van der Waals surface area contributed by atoms with Crippen LogP contribution in [0.15, 0.2) is 30.3 Å². The van der Waals surface area contributed by atoms with Crippen molar-refractivity contribution >= 4 is 16.9 Å². The Kier molecular flexibility index (Phi) is 3.69. The number of benzene rings is 1. The van der Waals surface area contributed by atoms with Gasteiger partial charge in [0.2, 0.25) is 0 Å². The predicted octanol–water partition coefficient (Wildman–Crippen LogP) is 3.36. The number of aromatic nitrogens is 1. The summed E-state index contributed by atoms with van der Waals surface area (Å²) in [5.41, 5.74) is 0.637. The van der Waals surface area contributed by atoms with Gasteiger partial charge < -0.3 is 9.84 Å². The number of pyridine rings is 1. The molecule has 0 amide bonds. The van der Waals surface area contributed by atoms with Crippen LogP contribution in [-0.2, 0) is 0 Å². The van der Waals surface area contributed by atoms with Crippen LogP contribution in [0.25, 0.3) is 10.9 Å². The van der Waals surface area contributed by atoms with Crippen LogP contribution in [0.5, 0.6) is 5.75 Å². The highest BCUT2D eigenvalue weighted by Crippen LogP contribution is 2.27. The van der Waals surface area contributed by atoms with E-state index >= 15 is 0 Å². The lowest BCUT2D eigenvalue weighted by Crippen LogP contribution is -2.19. The van der Waals surface area contributed by atoms with Crippen molar-refractivity contribution in [1.82, 2.24) is 4.98 Å². The van der Waals surface area contributed by atoms with Crippen LogP contribution in [0.3, 0.4) is 0 Å². The van der Waals surface area contributed by atoms with Gasteiger partial charge in [-0.05, 0) is 25.0 Å². The Morgan fingerprint density at radius 2 is 1.95 bits per heavy atom. The first-order valence-electron chi connectivity index (χ1n) is 6.28. The number of nitrogens with zero attached hydrogens (tertiary/aromatic N) is 1. The summed E-state index contributed by atoms with van der Waals surface area (Å²) in [7, 11) is 0. The van der Waals surface area contributed by atoms with E-state index < -0.39 is 5.97 Å². The summed E-state index contributed by atoms with van der Waals surface area (Å²) in [6.45, 7) is 6.10.